The molecule has 2 aromatic heterocycles. The summed E-state index contributed by atoms with van der Waals surface area (Å²) in [5, 5.41) is 18.1. The third-order valence-corrected chi connectivity index (χ3v) is 3.97. The lowest BCUT2D eigenvalue weighted by molar-refractivity contribution is 0.778. The number of nitrogens with one attached hydrogen (secondary N) is 1. The van der Waals surface area contributed by atoms with E-state index in [0.29, 0.717) is 5.95 Å². The monoisotopic (exact) mass is 286 g/mol. The second-order valence-electron chi connectivity index (χ2n) is 4.44. The fourth-order valence-corrected chi connectivity index (χ4v) is 2.65. The van der Waals surface area contributed by atoms with Gasteiger partial charge in [0.15, 0.2) is 0 Å². The first-order valence-corrected chi connectivity index (χ1v) is 7.14. The second kappa shape index (κ2) is 5.38. The van der Waals surface area contributed by atoms with Gasteiger partial charge in [0.1, 0.15) is 5.01 Å². The molecule has 1 aromatic carbocycles. The van der Waals surface area contributed by atoms with Crippen LogP contribution >= 0.6 is 11.3 Å². The fourth-order valence-electron chi connectivity index (χ4n) is 1.85. The molecular formula is C13H14N6S. The first-order chi connectivity index (χ1) is 9.74. The lowest BCUT2D eigenvalue weighted by Gasteiger charge is -2.11. The number of aromatic nitrogens is 5. The molecule has 1 unspecified atom stereocenters. The number of hydrogen-bond donors (Lipinski definition) is 1. The van der Waals surface area contributed by atoms with Crippen LogP contribution < -0.4 is 5.32 Å². The molecule has 0 saturated heterocycles. The lowest BCUT2D eigenvalue weighted by atomic mass is 10.3. The third-order valence-electron chi connectivity index (χ3n) is 2.82. The van der Waals surface area contributed by atoms with Gasteiger partial charge in [-0.05, 0) is 36.4 Å². The van der Waals surface area contributed by atoms with E-state index in [9.17, 15) is 0 Å². The van der Waals surface area contributed by atoms with Gasteiger partial charge in [-0.25, -0.2) is 4.98 Å². The zero-order valence-corrected chi connectivity index (χ0v) is 12.0. The first kappa shape index (κ1) is 12.7. The summed E-state index contributed by atoms with van der Waals surface area (Å²) in [6, 6.07) is 9.84. The Hall–Kier alpha value is -2.28. The van der Waals surface area contributed by atoms with Crippen molar-refractivity contribution in [2.24, 2.45) is 0 Å². The molecule has 0 radical (unpaired) electrons. The van der Waals surface area contributed by atoms with E-state index in [2.05, 4.69) is 25.8 Å². The Morgan fingerprint density at radius 3 is 2.75 bits per heavy atom. The van der Waals surface area contributed by atoms with Crippen molar-refractivity contribution >= 4 is 17.3 Å². The molecule has 0 aliphatic carbocycles. The van der Waals surface area contributed by atoms with Crippen molar-refractivity contribution in [3.05, 3.63) is 46.4 Å². The minimum atomic E-state index is 0.0576. The van der Waals surface area contributed by atoms with E-state index < -0.39 is 0 Å². The van der Waals surface area contributed by atoms with Crippen LogP contribution in [0.3, 0.4) is 0 Å². The molecule has 0 aliphatic rings. The van der Waals surface area contributed by atoms with Crippen LogP contribution in [0.1, 0.15) is 23.7 Å². The molecule has 0 spiro atoms. The highest BCUT2D eigenvalue weighted by Crippen LogP contribution is 2.22. The minimum absolute atomic E-state index is 0.0576. The molecule has 2 heterocycles. The predicted octanol–water partition coefficient (Wildman–Crippen LogP) is 2.60. The Morgan fingerprint density at radius 1 is 1.25 bits per heavy atom. The van der Waals surface area contributed by atoms with Crippen LogP contribution in [0, 0.1) is 6.92 Å². The fraction of sp³-hybridized carbons (Fsp3) is 0.231. The molecular weight excluding hydrogens is 272 g/mol. The quantitative estimate of drug-likeness (QED) is 0.798. The molecule has 0 saturated carbocycles. The van der Waals surface area contributed by atoms with E-state index >= 15 is 0 Å². The van der Waals surface area contributed by atoms with Crippen LogP contribution in [-0.4, -0.2) is 25.2 Å². The van der Waals surface area contributed by atoms with Crippen LogP contribution in [-0.2, 0) is 0 Å². The maximum absolute atomic E-state index is 4.47. The van der Waals surface area contributed by atoms with Gasteiger partial charge in [0.25, 0.3) is 0 Å². The van der Waals surface area contributed by atoms with Gasteiger partial charge in [-0.3, -0.25) is 0 Å². The second-order valence-corrected chi connectivity index (χ2v) is 5.33. The third kappa shape index (κ3) is 2.53. The van der Waals surface area contributed by atoms with Gasteiger partial charge in [-0.15, -0.1) is 11.3 Å². The van der Waals surface area contributed by atoms with Crippen molar-refractivity contribution in [3.8, 4) is 5.69 Å². The standard InChI is InChI=1S/C13H14N6S/c1-9-8-20-12(14-9)10(2)15-13-16-17-18-19(13)11-6-4-3-5-7-11/h3-8,10H,1-2H3,(H,15,16,18). The number of benzene rings is 1. The normalized spacial score (nSPS) is 12.3. The van der Waals surface area contributed by atoms with E-state index in [0.717, 1.165) is 16.4 Å². The number of para-hydroxylation sites is 1. The smallest absolute Gasteiger partial charge is 0.248 e. The van der Waals surface area contributed by atoms with E-state index in [1.165, 1.54) is 0 Å². The summed E-state index contributed by atoms with van der Waals surface area (Å²) >= 11 is 1.63. The van der Waals surface area contributed by atoms with Gasteiger partial charge in [0.05, 0.1) is 11.7 Å². The van der Waals surface area contributed by atoms with Crippen molar-refractivity contribution in [2.45, 2.75) is 19.9 Å². The predicted molar refractivity (Wildman–Crippen MR) is 78.0 cm³/mol. The van der Waals surface area contributed by atoms with Gasteiger partial charge >= 0.3 is 0 Å². The number of hydrogen-bond acceptors (Lipinski definition) is 6. The van der Waals surface area contributed by atoms with Crippen molar-refractivity contribution < 1.29 is 0 Å². The van der Waals surface area contributed by atoms with Gasteiger partial charge in [0.2, 0.25) is 5.95 Å². The van der Waals surface area contributed by atoms with Gasteiger partial charge in [-0.2, -0.15) is 4.68 Å². The lowest BCUT2D eigenvalue weighted by Crippen LogP contribution is -2.11. The average Bonchev–Trinajstić information content (AvgIpc) is 3.09. The number of aryl methyl sites for hydroxylation is 1. The molecule has 3 rings (SSSR count). The number of anilines is 1. The first-order valence-electron chi connectivity index (χ1n) is 6.26. The van der Waals surface area contributed by atoms with Crippen molar-refractivity contribution in [1.29, 1.82) is 0 Å². The summed E-state index contributed by atoms with van der Waals surface area (Å²) in [5.74, 6) is 0.608. The largest absolute Gasteiger partial charge is 0.344 e. The van der Waals surface area contributed by atoms with E-state index in [4.69, 9.17) is 0 Å². The molecule has 7 heteroatoms. The molecule has 6 nitrogen and oxygen atoms in total. The number of rotatable bonds is 4. The maximum Gasteiger partial charge on any atom is 0.248 e. The van der Waals surface area contributed by atoms with Gasteiger partial charge in [-0.1, -0.05) is 23.3 Å². The molecule has 20 heavy (non-hydrogen) atoms. The summed E-state index contributed by atoms with van der Waals surface area (Å²) in [7, 11) is 0. The zero-order valence-electron chi connectivity index (χ0n) is 11.2. The summed E-state index contributed by atoms with van der Waals surface area (Å²) in [6.45, 7) is 4.03. The highest BCUT2D eigenvalue weighted by atomic mass is 32.1. The molecule has 0 aliphatic heterocycles. The van der Waals surface area contributed by atoms with Crippen molar-refractivity contribution in [3.63, 3.8) is 0 Å². The van der Waals surface area contributed by atoms with Crippen LogP contribution in [0.2, 0.25) is 0 Å². The Morgan fingerprint density at radius 2 is 2.05 bits per heavy atom. The van der Waals surface area contributed by atoms with E-state index in [-0.39, 0.29) is 6.04 Å². The molecule has 1 N–H and O–H groups in total. The SMILES string of the molecule is Cc1csc(C(C)Nc2nnnn2-c2ccccc2)n1. The minimum Gasteiger partial charge on any atom is -0.344 e. The summed E-state index contributed by atoms with van der Waals surface area (Å²) in [4.78, 5) is 4.47. The number of thiazole rings is 1. The van der Waals surface area contributed by atoms with Crippen LogP contribution in [0.15, 0.2) is 35.7 Å². The highest BCUT2D eigenvalue weighted by Gasteiger charge is 2.14. The summed E-state index contributed by atoms with van der Waals surface area (Å²) in [5.41, 5.74) is 1.95. The summed E-state index contributed by atoms with van der Waals surface area (Å²) < 4.78 is 1.68. The topological polar surface area (TPSA) is 68.5 Å². The molecule has 102 valence electrons. The molecule has 0 fully saturated rings. The highest BCUT2D eigenvalue weighted by molar-refractivity contribution is 7.09. The average molecular weight is 286 g/mol. The van der Waals surface area contributed by atoms with Crippen LogP contribution in [0.25, 0.3) is 5.69 Å². The van der Waals surface area contributed by atoms with Crippen molar-refractivity contribution in [1.82, 2.24) is 25.2 Å². The Balaban J connectivity index is 1.84. The van der Waals surface area contributed by atoms with E-state index in [1.54, 1.807) is 16.0 Å². The molecule has 0 amide bonds. The molecule has 1 atom stereocenters. The molecule has 3 aromatic rings. The van der Waals surface area contributed by atoms with Crippen molar-refractivity contribution in [2.75, 3.05) is 5.32 Å². The Bertz CT molecular complexity index is 690. The zero-order chi connectivity index (χ0) is 13.9. The van der Waals surface area contributed by atoms with Crippen LogP contribution in [0.5, 0.6) is 0 Å². The maximum atomic E-state index is 4.47. The van der Waals surface area contributed by atoms with Crippen LogP contribution in [0.4, 0.5) is 5.95 Å². The summed E-state index contributed by atoms with van der Waals surface area (Å²) in [6.07, 6.45) is 0. The van der Waals surface area contributed by atoms with E-state index in [1.807, 2.05) is 49.6 Å². The van der Waals surface area contributed by atoms with Gasteiger partial charge in [0, 0.05) is 11.1 Å². The Labute approximate surface area is 120 Å². The number of nitrogens with zero attached hydrogens (tertiary/aromatic N) is 5. The number of tetrazole rings is 1. The van der Waals surface area contributed by atoms with Gasteiger partial charge < -0.3 is 5.32 Å². The Kier molecular flexibility index (Phi) is 3.42. The molecule has 0 bridgehead atoms.